The fraction of sp³-hybridized carbons (Fsp3) is 0.292. The number of carbonyl (C=O) groups is 1. The van der Waals surface area contributed by atoms with Crippen LogP contribution in [-0.2, 0) is 11.3 Å². The number of nitrogens with one attached hydrogen (secondary N) is 1. The van der Waals surface area contributed by atoms with E-state index in [2.05, 4.69) is 37.4 Å². The lowest BCUT2D eigenvalue weighted by Gasteiger charge is -2.20. The normalized spacial score (nSPS) is 11.3. The third-order valence-electron chi connectivity index (χ3n) is 4.54. The van der Waals surface area contributed by atoms with Crippen LogP contribution in [0.1, 0.15) is 37.5 Å². The number of amides is 1. The third-order valence-corrected chi connectivity index (χ3v) is 4.54. The zero-order valence-corrected chi connectivity index (χ0v) is 17.1. The smallest absolute Gasteiger partial charge is 0.412 e. The van der Waals surface area contributed by atoms with Crippen LogP contribution in [0.25, 0.3) is 10.8 Å². The summed E-state index contributed by atoms with van der Waals surface area (Å²) in [6, 6.07) is 17.9. The Morgan fingerprint density at radius 1 is 0.893 bits per heavy atom. The molecule has 3 rings (SSSR count). The summed E-state index contributed by atoms with van der Waals surface area (Å²) in [5, 5.41) is 4.70. The van der Waals surface area contributed by atoms with Gasteiger partial charge in [-0.25, -0.2) is 4.79 Å². The van der Waals surface area contributed by atoms with Crippen molar-refractivity contribution in [1.29, 1.82) is 0 Å². The summed E-state index contributed by atoms with van der Waals surface area (Å²) in [4.78, 5) is 12.2. The molecule has 0 spiro atoms. The molecule has 0 saturated heterocycles. The minimum Gasteiger partial charge on any atom is -0.488 e. The summed E-state index contributed by atoms with van der Waals surface area (Å²) in [7, 11) is 0. The maximum absolute atomic E-state index is 12.2. The van der Waals surface area contributed by atoms with Gasteiger partial charge in [-0.1, -0.05) is 42.5 Å². The van der Waals surface area contributed by atoms with Gasteiger partial charge in [0.2, 0.25) is 0 Å². The monoisotopic (exact) mass is 377 g/mol. The first kappa shape index (κ1) is 19.7. The first-order valence-electron chi connectivity index (χ1n) is 9.44. The van der Waals surface area contributed by atoms with Gasteiger partial charge < -0.3 is 9.47 Å². The zero-order valence-electron chi connectivity index (χ0n) is 17.1. The van der Waals surface area contributed by atoms with Gasteiger partial charge in [0.1, 0.15) is 18.0 Å². The van der Waals surface area contributed by atoms with Crippen molar-refractivity contribution in [3.8, 4) is 5.75 Å². The number of aryl methyl sites for hydroxylation is 2. The van der Waals surface area contributed by atoms with Gasteiger partial charge in [0.05, 0.1) is 5.69 Å². The topological polar surface area (TPSA) is 47.6 Å². The minimum atomic E-state index is -0.547. The molecule has 28 heavy (non-hydrogen) atoms. The highest BCUT2D eigenvalue weighted by atomic mass is 16.6. The van der Waals surface area contributed by atoms with Crippen LogP contribution < -0.4 is 10.1 Å². The van der Waals surface area contributed by atoms with E-state index in [9.17, 15) is 4.79 Å². The molecule has 0 bridgehead atoms. The lowest BCUT2D eigenvalue weighted by atomic mass is 10.0. The molecule has 3 aromatic rings. The molecular weight excluding hydrogens is 350 g/mol. The highest BCUT2D eigenvalue weighted by molar-refractivity contribution is 6.02. The number of benzene rings is 3. The average molecular weight is 377 g/mol. The van der Waals surface area contributed by atoms with E-state index in [1.165, 1.54) is 16.7 Å². The van der Waals surface area contributed by atoms with E-state index in [4.69, 9.17) is 9.47 Å². The van der Waals surface area contributed by atoms with Gasteiger partial charge in [-0.05, 0) is 63.4 Å². The van der Waals surface area contributed by atoms with Crippen molar-refractivity contribution in [2.75, 3.05) is 5.32 Å². The van der Waals surface area contributed by atoms with Crippen LogP contribution >= 0.6 is 0 Å². The molecule has 0 aliphatic heterocycles. The first-order valence-corrected chi connectivity index (χ1v) is 9.44. The molecule has 0 unspecified atom stereocenters. The Morgan fingerprint density at radius 3 is 2.18 bits per heavy atom. The zero-order chi connectivity index (χ0) is 20.3. The minimum absolute atomic E-state index is 0.471. The second kappa shape index (κ2) is 7.93. The molecule has 0 saturated carbocycles. The number of hydrogen-bond acceptors (Lipinski definition) is 3. The van der Waals surface area contributed by atoms with Crippen molar-refractivity contribution in [2.24, 2.45) is 0 Å². The molecule has 4 heteroatoms. The molecule has 0 fully saturated rings. The quantitative estimate of drug-likeness (QED) is 0.573. The van der Waals surface area contributed by atoms with E-state index in [0.717, 1.165) is 16.5 Å². The number of ether oxygens (including phenoxy) is 2. The standard InChI is InChI=1S/C24H27NO3/c1-16-9-8-10-17(2)20(16)15-27-22-14-13-21(18-11-6-7-12-19(18)22)25-23(26)28-24(3,4)5/h6-14H,15H2,1-5H3,(H,25,26). The molecule has 3 aromatic carbocycles. The van der Waals surface area contributed by atoms with Gasteiger partial charge >= 0.3 is 6.09 Å². The molecule has 1 amide bonds. The van der Waals surface area contributed by atoms with E-state index in [0.29, 0.717) is 12.3 Å². The highest BCUT2D eigenvalue weighted by Crippen LogP contribution is 2.32. The van der Waals surface area contributed by atoms with Crippen molar-refractivity contribution >= 4 is 22.6 Å². The average Bonchev–Trinajstić information content (AvgIpc) is 2.61. The van der Waals surface area contributed by atoms with E-state index in [1.807, 2.05) is 57.2 Å². The third kappa shape index (κ3) is 4.63. The largest absolute Gasteiger partial charge is 0.488 e. The van der Waals surface area contributed by atoms with Crippen LogP contribution in [0.3, 0.4) is 0 Å². The molecule has 1 N–H and O–H groups in total. The Balaban J connectivity index is 1.87. The molecule has 0 radical (unpaired) electrons. The Kier molecular flexibility index (Phi) is 5.59. The first-order chi connectivity index (χ1) is 13.2. The molecule has 4 nitrogen and oxygen atoms in total. The molecule has 0 heterocycles. The van der Waals surface area contributed by atoms with E-state index in [1.54, 1.807) is 0 Å². The predicted octanol–water partition coefficient (Wildman–Crippen LogP) is 6.38. The molecule has 0 aliphatic carbocycles. The summed E-state index contributed by atoms with van der Waals surface area (Å²) in [6.07, 6.45) is -0.471. The van der Waals surface area contributed by atoms with Gasteiger partial charge in [-0.15, -0.1) is 0 Å². The van der Waals surface area contributed by atoms with E-state index < -0.39 is 11.7 Å². The number of rotatable bonds is 4. The van der Waals surface area contributed by atoms with Crippen molar-refractivity contribution < 1.29 is 14.3 Å². The Labute approximate surface area is 166 Å². The van der Waals surface area contributed by atoms with Crippen LogP contribution in [-0.4, -0.2) is 11.7 Å². The summed E-state index contributed by atoms with van der Waals surface area (Å²) in [5.74, 6) is 0.785. The summed E-state index contributed by atoms with van der Waals surface area (Å²) in [5.41, 5.74) is 3.78. The lowest BCUT2D eigenvalue weighted by Crippen LogP contribution is -2.27. The number of hydrogen-bond donors (Lipinski definition) is 1. The van der Waals surface area contributed by atoms with Gasteiger partial charge in [-0.3, -0.25) is 5.32 Å². The molecule has 0 aromatic heterocycles. The lowest BCUT2D eigenvalue weighted by molar-refractivity contribution is 0.0636. The fourth-order valence-corrected chi connectivity index (χ4v) is 3.15. The molecule has 0 atom stereocenters. The van der Waals surface area contributed by atoms with Crippen molar-refractivity contribution in [3.63, 3.8) is 0 Å². The highest BCUT2D eigenvalue weighted by Gasteiger charge is 2.17. The number of anilines is 1. The van der Waals surface area contributed by atoms with Crippen LogP contribution in [0, 0.1) is 13.8 Å². The Bertz CT molecular complexity index is 982. The molecular formula is C24H27NO3. The Hall–Kier alpha value is -3.01. The molecule has 146 valence electrons. The maximum Gasteiger partial charge on any atom is 0.412 e. The van der Waals surface area contributed by atoms with Gasteiger partial charge in [-0.2, -0.15) is 0 Å². The van der Waals surface area contributed by atoms with Gasteiger partial charge in [0.15, 0.2) is 0 Å². The van der Waals surface area contributed by atoms with Crippen LogP contribution in [0.4, 0.5) is 10.5 Å². The summed E-state index contributed by atoms with van der Waals surface area (Å²) < 4.78 is 11.5. The van der Waals surface area contributed by atoms with E-state index in [-0.39, 0.29) is 0 Å². The maximum atomic E-state index is 12.2. The van der Waals surface area contributed by atoms with E-state index >= 15 is 0 Å². The molecule has 0 aliphatic rings. The predicted molar refractivity (Wildman–Crippen MR) is 114 cm³/mol. The van der Waals surface area contributed by atoms with Crippen LogP contribution in [0.5, 0.6) is 5.75 Å². The van der Waals surface area contributed by atoms with Gasteiger partial charge in [0, 0.05) is 10.8 Å². The van der Waals surface area contributed by atoms with Crippen molar-refractivity contribution in [1.82, 2.24) is 0 Å². The van der Waals surface area contributed by atoms with Crippen LogP contribution in [0.15, 0.2) is 54.6 Å². The van der Waals surface area contributed by atoms with Gasteiger partial charge in [0.25, 0.3) is 0 Å². The summed E-state index contributed by atoms with van der Waals surface area (Å²) >= 11 is 0. The SMILES string of the molecule is Cc1cccc(C)c1COc1ccc(NC(=O)OC(C)(C)C)c2ccccc12. The fourth-order valence-electron chi connectivity index (χ4n) is 3.15. The van der Waals surface area contributed by atoms with Crippen LogP contribution in [0.2, 0.25) is 0 Å². The van der Waals surface area contributed by atoms with Crippen molar-refractivity contribution in [3.05, 3.63) is 71.3 Å². The second-order valence-electron chi connectivity index (χ2n) is 7.94. The van der Waals surface area contributed by atoms with Crippen molar-refractivity contribution in [2.45, 2.75) is 46.8 Å². The second-order valence-corrected chi connectivity index (χ2v) is 7.94. The number of carbonyl (C=O) groups excluding carboxylic acids is 1. The summed E-state index contributed by atoms with van der Waals surface area (Å²) in [6.45, 7) is 10.2. The number of fused-ring (bicyclic) bond motifs is 1. The Morgan fingerprint density at radius 2 is 1.54 bits per heavy atom.